The second kappa shape index (κ2) is 6.53. The first-order valence-corrected chi connectivity index (χ1v) is 4.65. The van der Waals surface area contributed by atoms with Crippen molar-refractivity contribution in [3.8, 4) is 6.07 Å². The summed E-state index contributed by atoms with van der Waals surface area (Å²) in [7, 11) is 0. The van der Waals surface area contributed by atoms with Gasteiger partial charge in [0.25, 0.3) is 0 Å². The Morgan fingerprint density at radius 3 is 1.25 bits per heavy atom. The van der Waals surface area contributed by atoms with Gasteiger partial charge in [-0.25, -0.2) is 0 Å². The molecule has 0 amide bonds. The molecule has 0 saturated heterocycles. The van der Waals surface area contributed by atoms with E-state index in [9.17, 15) is 0 Å². The average Bonchev–Trinajstić information content (AvgIpc) is 1.27. The summed E-state index contributed by atoms with van der Waals surface area (Å²) in [5.74, 6) is 0. The Balaban J connectivity index is 0. The number of nitriles is 1. The largest absolute Gasteiger partial charge is 0.199 e. The summed E-state index contributed by atoms with van der Waals surface area (Å²) < 4.78 is -0.250. The van der Waals surface area contributed by atoms with E-state index >= 15 is 0 Å². The summed E-state index contributed by atoms with van der Waals surface area (Å²) in [5, 5.41) is 7.32. The fraction of sp³-hybridized carbons (Fsp3) is 0.667. The molecule has 0 fully saturated rings. The zero-order valence-corrected chi connectivity index (χ0v) is 10.3. The molecule has 0 aliphatic carbocycles. The van der Waals surface area contributed by atoms with Gasteiger partial charge in [0, 0.05) is 6.92 Å². The zero-order chi connectivity index (χ0) is 7.21. The first-order valence-electron chi connectivity index (χ1n) is 1.48. The lowest BCUT2D eigenvalue weighted by molar-refractivity contribution is 1.49. The smallest absolute Gasteiger partial charge is 0.189 e. The van der Waals surface area contributed by atoms with Gasteiger partial charge in [-0.05, 0) is 63.7 Å². The zero-order valence-electron chi connectivity index (χ0n) is 3.96. The molecule has 8 heavy (non-hydrogen) atoms. The van der Waals surface area contributed by atoms with Gasteiger partial charge >= 0.3 is 0 Å². The second-order valence-corrected chi connectivity index (χ2v) is 11.8. The minimum atomic E-state index is -0.250. The third-order valence-electron chi connectivity index (χ3n) is 0. The number of hydrogen-bond acceptors (Lipinski definition) is 1. The van der Waals surface area contributed by atoms with Crippen molar-refractivity contribution >= 4 is 63.7 Å². The number of alkyl halides is 4. The predicted octanol–water partition coefficient (Wildman–Crippen LogP) is 3.71. The Bertz CT molecular complexity index is 72.3. The Hall–Kier alpha value is 1.41. The molecule has 48 valence electrons. The van der Waals surface area contributed by atoms with Crippen LogP contribution in [0, 0.1) is 11.3 Å². The van der Waals surface area contributed by atoms with Crippen molar-refractivity contribution in [1.82, 2.24) is 0 Å². The van der Waals surface area contributed by atoms with Crippen molar-refractivity contribution in [2.45, 2.75) is 7.98 Å². The number of hydrogen-bond donors (Lipinski definition) is 0. The molecule has 0 aliphatic heterocycles. The normalized spacial score (nSPS) is 8.50. The van der Waals surface area contributed by atoms with Gasteiger partial charge in [0.1, 0.15) is 0 Å². The molecule has 0 radical (unpaired) electrons. The summed E-state index contributed by atoms with van der Waals surface area (Å²) >= 11 is 12.5. The highest BCUT2D eigenvalue weighted by atomic mass is 80.0. The van der Waals surface area contributed by atoms with Crippen molar-refractivity contribution in [2.75, 3.05) is 0 Å². The molecule has 0 heterocycles. The van der Waals surface area contributed by atoms with Crippen LogP contribution in [0.2, 0.25) is 0 Å². The van der Waals surface area contributed by atoms with E-state index in [2.05, 4.69) is 63.7 Å². The van der Waals surface area contributed by atoms with E-state index in [1.54, 1.807) is 6.07 Å². The van der Waals surface area contributed by atoms with Crippen LogP contribution in [0.4, 0.5) is 0 Å². The van der Waals surface area contributed by atoms with Crippen LogP contribution in [0.15, 0.2) is 0 Å². The second-order valence-electron chi connectivity index (χ2n) is 0.652. The topological polar surface area (TPSA) is 23.8 Å². The standard InChI is InChI=1S/C2H3N.CBr4/c1-2-3;2-1(3,4)5/h1H3;. The maximum atomic E-state index is 7.32. The van der Waals surface area contributed by atoms with Gasteiger partial charge in [0.05, 0.1) is 6.07 Å². The minimum Gasteiger partial charge on any atom is -0.199 e. The van der Waals surface area contributed by atoms with Crippen molar-refractivity contribution in [3.63, 3.8) is 0 Å². The van der Waals surface area contributed by atoms with E-state index in [1.807, 2.05) is 0 Å². The fourth-order valence-corrected chi connectivity index (χ4v) is 0. The molecule has 0 atom stereocenters. The van der Waals surface area contributed by atoms with Gasteiger partial charge in [0.2, 0.25) is 0 Å². The van der Waals surface area contributed by atoms with Crippen LogP contribution in [-0.2, 0) is 0 Å². The van der Waals surface area contributed by atoms with E-state index in [-0.39, 0.29) is 1.05 Å². The minimum absolute atomic E-state index is 0.250. The van der Waals surface area contributed by atoms with Crippen LogP contribution in [-0.4, -0.2) is 1.05 Å². The van der Waals surface area contributed by atoms with E-state index < -0.39 is 0 Å². The lowest BCUT2D eigenvalue weighted by atomic mass is 11.0. The van der Waals surface area contributed by atoms with Gasteiger partial charge in [-0.15, -0.1) is 0 Å². The van der Waals surface area contributed by atoms with E-state index in [4.69, 9.17) is 5.26 Å². The Morgan fingerprint density at radius 1 is 1.25 bits per heavy atom. The van der Waals surface area contributed by atoms with Gasteiger partial charge in [0.15, 0.2) is 1.05 Å². The Morgan fingerprint density at radius 2 is 1.25 bits per heavy atom. The molecule has 0 N–H and O–H groups in total. The number of halogens is 4. The van der Waals surface area contributed by atoms with Gasteiger partial charge in [-0.1, -0.05) is 0 Å². The number of nitrogens with zero attached hydrogens (tertiary/aromatic N) is 1. The van der Waals surface area contributed by atoms with Gasteiger partial charge in [-0.3, -0.25) is 0 Å². The first-order chi connectivity index (χ1) is 3.41. The highest BCUT2D eigenvalue weighted by Crippen LogP contribution is 2.39. The molecule has 0 spiro atoms. The lowest BCUT2D eigenvalue weighted by Crippen LogP contribution is -1.75. The third kappa shape index (κ3) is 153. The first kappa shape index (κ1) is 12.1. The van der Waals surface area contributed by atoms with Crippen molar-refractivity contribution < 1.29 is 0 Å². The summed E-state index contributed by atoms with van der Waals surface area (Å²) in [6.07, 6.45) is 0. The highest BCUT2D eigenvalue weighted by Gasteiger charge is 2.08. The van der Waals surface area contributed by atoms with Crippen LogP contribution in [0.3, 0.4) is 0 Å². The molecule has 5 heteroatoms. The van der Waals surface area contributed by atoms with Crippen LogP contribution in [0.25, 0.3) is 0 Å². The average molecular weight is 373 g/mol. The van der Waals surface area contributed by atoms with E-state index in [0.717, 1.165) is 0 Å². The lowest BCUT2D eigenvalue weighted by Gasteiger charge is -1.93. The van der Waals surface area contributed by atoms with Crippen molar-refractivity contribution in [2.24, 2.45) is 0 Å². The Labute approximate surface area is 82.3 Å². The summed E-state index contributed by atoms with van der Waals surface area (Å²) in [4.78, 5) is 0. The van der Waals surface area contributed by atoms with Crippen molar-refractivity contribution in [3.05, 3.63) is 0 Å². The van der Waals surface area contributed by atoms with Gasteiger partial charge < -0.3 is 0 Å². The predicted molar refractivity (Wildman–Crippen MR) is 49.7 cm³/mol. The van der Waals surface area contributed by atoms with Crippen LogP contribution < -0.4 is 0 Å². The SMILES string of the molecule is BrC(Br)(Br)Br.CC#N. The maximum absolute atomic E-state index is 7.32. The fourth-order valence-electron chi connectivity index (χ4n) is 0. The van der Waals surface area contributed by atoms with Crippen LogP contribution in [0.1, 0.15) is 6.92 Å². The molecule has 0 aromatic rings. The molecule has 1 nitrogen and oxygen atoms in total. The monoisotopic (exact) mass is 369 g/mol. The Kier molecular flexibility index (Phi) is 9.89. The highest BCUT2D eigenvalue weighted by molar-refractivity contribution is 9.52. The quantitative estimate of drug-likeness (QED) is 0.595. The van der Waals surface area contributed by atoms with E-state index in [1.165, 1.54) is 6.92 Å². The summed E-state index contributed by atoms with van der Waals surface area (Å²) in [6, 6.07) is 1.75. The molecule has 0 aromatic carbocycles. The number of rotatable bonds is 0. The van der Waals surface area contributed by atoms with Crippen LogP contribution in [0.5, 0.6) is 0 Å². The molecule has 0 aliphatic rings. The molecule has 0 bridgehead atoms. The van der Waals surface area contributed by atoms with Crippen LogP contribution >= 0.6 is 63.7 Å². The van der Waals surface area contributed by atoms with Crippen molar-refractivity contribution in [1.29, 1.82) is 5.26 Å². The van der Waals surface area contributed by atoms with E-state index in [0.29, 0.717) is 0 Å². The third-order valence-corrected chi connectivity index (χ3v) is 0. The summed E-state index contributed by atoms with van der Waals surface area (Å²) in [6.45, 7) is 1.43. The maximum Gasteiger partial charge on any atom is 0.189 e. The molecule has 0 saturated carbocycles. The molecular weight excluding hydrogens is 370 g/mol. The molecule has 0 aromatic heterocycles. The molecular formula is C3H3Br4N. The molecule has 0 unspecified atom stereocenters. The molecule has 0 rings (SSSR count). The van der Waals surface area contributed by atoms with Gasteiger partial charge in [-0.2, -0.15) is 5.26 Å². The summed E-state index contributed by atoms with van der Waals surface area (Å²) in [5.41, 5.74) is 0.